The zero-order valence-corrected chi connectivity index (χ0v) is 9.83. The number of nitrogens with zero attached hydrogens (tertiary/aromatic N) is 1. The van der Waals surface area contributed by atoms with Crippen LogP contribution in [0.15, 0.2) is 0 Å². The summed E-state index contributed by atoms with van der Waals surface area (Å²) in [4.78, 5) is 13.4. The van der Waals surface area contributed by atoms with Gasteiger partial charge in [-0.2, -0.15) is 0 Å². The van der Waals surface area contributed by atoms with Crippen LogP contribution in [0, 0.1) is 0 Å². The van der Waals surface area contributed by atoms with Crippen LogP contribution >= 0.6 is 0 Å². The molecule has 0 aromatic rings. The van der Waals surface area contributed by atoms with E-state index in [0.717, 1.165) is 19.5 Å². The van der Waals surface area contributed by atoms with Crippen molar-refractivity contribution >= 4 is 5.78 Å². The molecular weight excluding hydrogens is 190 g/mol. The fourth-order valence-electron chi connectivity index (χ4n) is 2.00. The lowest BCUT2D eigenvalue weighted by Gasteiger charge is -2.26. The average molecular weight is 213 g/mol. The molecule has 0 bridgehead atoms. The first-order valence-corrected chi connectivity index (χ1v) is 5.82. The first-order chi connectivity index (χ1) is 7.13. The van der Waals surface area contributed by atoms with Crippen LogP contribution in [-0.4, -0.2) is 48.9 Å². The maximum absolute atomic E-state index is 11.1. The summed E-state index contributed by atoms with van der Waals surface area (Å²) < 4.78 is 0. The van der Waals surface area contributed by atoms with Gasteiger partial charge in [-0.1, -0.05) is 0 Å². The summed E-state index contributed by atoms with van der Waals surface area (Å²) in [5.41, 5.74) is 5.56. The summed E-state index contributed by atoms with van der Waals surface area (Å²) in [6, 6.07) is 0.919. The molecule has 88 valence electrons. The van der Waals surface area contributed by atoms with E-state index in [2.05, 4.69) is 24.1 Å². The van der Waals surface area contributed by atoms with Crippen LogP contribution in [0.5, 0.6) is 0 Å². The molecule has 0 radical (unpaired) electrons. The van der Waals surface area contributed by atoms with E-state index in [-0.39, 0.29) is 0 Å². The van der Waals surface area contributed by atoms with Gasteiger partial charge in [-0.25, -0.2) is 0 Å². The van der Waals surface area contributed by atoms with Gasteiger partial charge in [0.05, 0.1) is 6.54 Å². The molecule has 4 heteroatoms. The number of nitrogens with one attached hydrogen (secondary N) is 1. The molecule has 1 aliphatic rings. The van der Waals surface area contributed by atoms with Gasteiger partial charge >= 0.3 is 0 Å². The maximum atomic E-state index is 11.1. The zero-order valence-electron chi connectivity index (χ0n) is 9.83. The van der Waals surface area contributed by atoms with E-state index in [1.807, 2.05) is 0 Å². The van der Waals surface area contributed by atoms with Crippen molar-refractivity contribution in [2.45, 2.75) is 38.8 Å². The minimum absolute atomic E-state index is 0.343. The summed E-state index contributed by atoms with van der Waals surface area (Å²) >= 11 is 0. The first-order valence-electron chi connectivity index (χ1n) is 5.82. The van der Waals surface area contributed by atoms with Gasteiger partial charge < -0.3 is 11.1 Å². The Balaban J connectivity index is 2.24. The van der Waals surface area contributed by atoms with Crippen LogP contribution in [0.2, 0.25) is 0 Å². The zero-order chi connectivity index (χ0) is 11.3. The van der Waals surface area contributed by atoms with Crippen LogP contribution < -0.4 is 11.1 Å². The van der Waals surface area contributed by atoms with E-state index in [1.54, 1.807) is 0 Å². The molecule has 0 amide bonds. The Kier molecular flexibility index (Phi) is 5.22. The molecule has 0 saturated carbocycles. The minimum atomic E-state index is 0.343. The van der Waals surface area contributed by atoms with E-state index < -0.39 is 0 Å². The molecule has 0 aromatic carbocycles. The van der Waals surface area contributed by atoms with Crippen molar-refractivity contribution in [2.24, 2.45) is 5.73 Å². The molecule has 0 aromatic heterocycles. The third-order valence-corrected chi connectivity index (χ3v) is 2.97. The number of hydrogen-bond donors (Lipinski definition) is 2. The predicted octanol–water partition coefficient (Wildman–Crippen LogP) is -0.0234. The second-order valence-corrected chi connectivity index (χ2v) is 4.53. The summed E-state index contributed by atoms with van der Waals surface area (Å²) in [5, 5.41) is 3.24. The highest BCUT2D eigenvalue weighted by Gasteiger charge is 2.21. The molecule has 3 N–H and O–H groups in total. The van der Waals surface area contributed by atoms with Crippen LogP contribution in [0.25, 0.3) is 0 Å². The summed E-state index contributed by atoms with van der Waals surface area (Å²) in [7, 11) is 0. The molecule has 1 unspecified atom stereocenters. The minimum Gasteiger partial charge on any atom is -0.329 e. The van der Waals surface area contributed by atoms with E-state index in [9.17, 15) is 4.79 Å². The van der Waals surface area contributed by atoms with E-state index >= 15 is 0 Å². The summed E-state index contributed by atoms with van der Waals surface area (Å²) in [6.45, 7) is 7.60. The fourth-order valence-corrected chi connectivity index (χ4v) is 2.00. The first kappa shape index (κ1) is 12.6. The number of Topliss-reactive ketones (excluding diaryl/α,β-unsaturated/α-hetero) is 1. The third-order valence-electron chi connectivity index (χ3n) is 2.97. The topological polar surface area (TPSA) is 58.4 Å². The van der Waals surface area contributed by atoms with Crippen molar-refractivity contribution in [2.75, 3.05) is 26.2 Å². The molecule has 1 aliphatic heterocycles. The van der Waals surface area contributed by atoms with Crippen molar-refractivity contribution in [3.05, 3.63) is 0 Å². The highest BCUT2D eigenvalue weighted by atomic mass is 16.1. The predicted molar refractivity (Wildman–Crippen MR) is 61.8 cm³/mol. The van der Waals surface area contributed by atoms with E-state index in [4.69, 9.17) is 5.73 Å². The van der Waals surface area contributed by atoms with Gasteiger partial charge in [-0.15, -0.1) is 0 Å². The smallest absolute Gasteiger partial charge is 0.148 e. The maximum Gasteiger partial charge on any atom is 0.148 e. The Hall–Kier alpha value is -0.450. The average Bonchev–Trinajstić information content (AvgIpc) is 2.58. The van der Waals surface area contributed by atoms with Gasteiger partial charge in [0.2, 0.25) is 0 Å². The van der Waals surface area contributed by atoms with E-state index in [1.165, 1.54) is 0 Å². The Morgan fingerprint density at radius 2 is 2.27 bits per heavy atom. The molecular formula is C11H23N3O. The highest BCUT2D eigenvalue weighted by Crippen LogP contribution is 2.08. The second kappa shape index (κ2) is 6.20. The lowest BCUT2D eigenvalue weighted by molar-refractivity contribution is -0.116. The Morgan fingerprint density at radius 3 is 2.73 bits per heavy atom. The van der Waals surface area contributed by atoms with Crippen molar-refractivity contribution in [3.8, 4) is 0 Å². The largest absolute Gasteiger partial charge is 0.329 e. The fraction of sp³-hybridized carbons (Fsp3) is 0.909. The van der Waals surface area contributed by atoms with Crippen LogP contribution in [0.3, 0.4) is 0 Å². The Bertz CT molecular complexity index is 206. The SMILES string of the molecule is CC(C)N(CCN)CCC1CC(=O)CN1. The molecule has 1 atom stereocenters. The number of rotatable bonds is 6. The molecule has 1 saturated heterocycles. The van der Waals surface area contributed by atoms with Crippen LogP contribution in [-0.2, 0) is 4.79 Å². The van der Waals surface area contributed by atoms with Crippen molar-refractivity contribution in [1.29, 1.82) is 0 Å². The highest BCUT2D eigenvalue weighted by molar-refractivity contribution is 5.83. The van der Waals surface area contributed by atoms with Gasteiger partial charge in [0, 0.05) is 31.6 Å². The molecule has 4 nitrogen and oxygen atoms in total. The molecule has 1 fully saturated rings. The third kappa shape index (κ3) is 4.28. The number of hydrogen-bond acceptors (Lipinski definition) is 4. The van der Waals surface area contributed by atoms with Gasteiger partial charge in [-0.3, -0.25) is 9.69 Å². The van der Waals surface area contributed by atoms with Gasteiger partial charge in [0.15, 0.2) is 0 Å². The van der Waals surface area contributed by atoms with Gasteiger partial charge in [-0.05, 0) is 26.8 Å². The Morgan fingerprint density at radius 1 is 1.53 bits per heavy atom. The van der Waals surface area contributed by atoms with Gasteiger partial charge in [0.25, 0.3) is 0 Å². The quantitative estimate of drug-likeness (QED) is 0.651. The summed E-state index contributed by atoms with van der Waals surface area (Å²) in [5.74, 6) is 0.343. The van der Waals surface area contributed by atoms with E-state index in [0.29, 0.717) is 37.4 Å². The van der Waals surface area contributed by atoms with Crippen LogP contribution in [0.4, 0.5) is 0 Å². The van der Waals surface area contributed by atoms with Crippen molar-refractivity contribution < 1.29 is 4.79 Å². The monoisotopic (exact) mass is 213 g/mol. The van der Waals surface area contributed by atoms with Crippen molar-refractivity contribution in [1.82, 2.24) is 10.2 Å². The number of ketones is 1. The lowest BCUT2D eigenvalue weighted by Crippen LogP contribution is -2.38. The normalized spacial score (nSPS) is 21.9. The lowest BCUT2D eigenvalue weighted by atomic mass is 10.1. The molecule has 0 aliphatic carbocycles. The molecule has 1 heterocycles. The number of carbonyl (C=O) groups is 1. The second-order valence-electron chi connectivity index (χ2n) is 4.53. The van der Waals surface area contributed by atoms with Crippen LogP contribution in [0.1, 0.15) is 26.7 Å². The van der Waals surface area contributed by atoms with Crippen molar-refractivity contribution in [3.63, 3.8) is 0 Å². The Labute approximate surface area is 92.2 Å². The number of carbonyl (C=O) groups excluding carboxylic acids is 1. The molecule has 0 spiro atoms. The standard InChI is InChI=1S/C11H23N3O/c1-9(2)14(6-4-12)5-3-10-7-11(15)8-13-10/h9-10,13H,3-8,12H2,1-2H3. The molecule has 1 rings (SSSR count). The van der Waals surface area contributed by atoms with Gasteiger partial charge in [0.1, 0.15) is 5.78 Å². The molecule has 15 heavy (non-hydrogen) atoms. The summed E-state index contributed by atoms with van der Waals surface area (Å²) in [6.07, 6.45) is 1.75. The number of nitrogens with two attached hydrogens (primary N) is 1.